The maximum Gasteiger partial charge on any atom is 0.282 e. The van der Waals surface area contributed by atoms with Crippen LogP contribution in [0.4, 0.5) is 5.69 Å². The Balaban J connectivity index is 2.15. The molecule has 0 aliphatic carbocycles. The average molecular weight is 311 g/mol. The van der Waals surface area contributed by atoms with E-state index in [0.29, 0.717) is 37.8 Å². The van der Waals surface area contributed by atoms with Gasteiger partial charge in [-0.15, -0.1) is 0 Å². The average Bonchev–Trinajstić information content (AvgIpc) is 2.44. The number of nitrogens with zero attached hydrogens (tertiary/aromatic N) is 2. The molecule has 0 spiro atoms. The summed E-state index contributed by atoms with van der Waals surface area (Å²) in [6.45, 7) is 6.06. The van der Waals surface area contributed by atoms with Crippen molar-refractivity contribution in [2.75, 3.05) is 25.4 Å². The van der Waals surface area contributed by atoms with Crippen LogP contribution in [0.2, 0.25) is 0 Å². The molecule has 1 unspecified atom stereocenters. The molecule has 1 saturated heterocycles. The normalized spacial score (nSPS) is 20.8. The van der Waals surface area contributed by atoms with Gasteiger partial charge in [0.15, 0.2) is 0 Å². The van der Waals surface area contributed by atoms with Crippen molar-refractivity contribution in [2.45, 2.75) is 33.2 Å². The van der Waals surface area contributed by atoms with Crippen molar-refractivity contribution in [3.63, 3.8) is 0 Å². The van der Waals surface area contributed by atoms with E-state index in [1.807, 2.05) is 25.1 Å². The zero-order chi connectivity index (χ0) is 15.5. The number of piperidine rings is 1. The Morgan fingerprint density at radius 1 is 1.43 bits per heavy atom. The van der Waals surface area contributed by atoms with E-state index in [1.165, 1.54) is 4.31 Å². The van der Waals surface area contributed by atoms with E-state index >= 15 is 0 Å². The van der Waals surface area contributed by atoms with Crippen LogP contribution in [-0.2, 0) is 16.8 Å². The number of anilines is 1. The highest BCUT2D eigenvalue weighted by Gasteiger charge is 2.31. The van der Waals surface area contributed by atoms with Crippen molar-refractivity contribution in [1.82, 2.24) is 8.61 Å². The third-order valence-electron chi connectivity index (χ3n) is 3.93. The number of rotatable bonds is 5. The standard InChI is InChI=1S/C15H25N3O2S/c1-3-17(12-14-7-4-8-15(16)10-14)21(19,20)18-9-5-6-13(2)11-18/h4,7-8,10,13H,3,5-6,9,11-12,16H2,1-2H3. The molecule has 5 nitrogen and oxygen atoms in total. The molecule has 1 heterocycles. The zero-order valence-corrected chi connectivity index (χ0v) is 13.6. The Hall–Kier alpha value is -1.11. The second-order valence-corrected chi connectivity index (χ2v) is 7.71. The fourth-order valence-corrected chi connectivity index (χ4v) is 4.54. The molecule has 21 heavy (non-hydrogen) atoms. The van der Waals surface area contributed by atoms with Gasteiger partial charge in [-0.1, -0.05) is 26.0 Å². The monoisotopic (exact) mass is 311 g/mol. The van der Waals surface area contributed by atoms with Crippen molar-refractivity contribution < 1.29 is 8.42 Å². The molecule has 6 heteroatoms. The molecule has 0 bridgehead atoms. The summed E-state index contributed by atoms with van der Waals surface area (Å²) in [5.74, 6) is 0.430. The highest BCUT2D eigenvalue weighted by molar-refractivity contribution is 7.86. The highest BCUT2D eigenvalue weighted by Crippen LogP contribution is 2.22. The summed E-state index contributed by atoms with van der Waals surface area (Å²) >= 11 is 0. The van der Waals surface area contributed by atoms with Gasteiger partial charge in [0.1, 0.15) is 0 Å². The van der Waals surface area contributed by atoms with E-state index in [2.05, 4.69) is 6.92 Å². The van der Waals surface area contributed by atoms with Crippen LogP contribution in [0.15, 0.2) is 24.3 Å². The molecular weight excluding hydrogens is 286 g/mol. The Morgan fingerprint density at radius 2 is 2.19 bits per heavy atom. The summed E-state index contributed by atoms with van der Waals surface area (Å²) in [5.41, 5.74) is 7.35. The molecule has 2 rings (SSSR count). The summed E-state index contributed by atoms with van der Waals surface area (Å²) in [5, 5.41) is 0. The summed E-state index contributed by atoms with van der Waals surface area (Å²) in [6, 6.07) is 7.40. The van der Waals surface area contributed by atoms with E-state index in [-0.39, 0.29) is 0 Å². The van der Waals surface area contributed by atoms with E-state index in [0.717, 1.165) is 18.4 Å². The van der Waals surface area contributed by atoms with Gasteiger partial charge < -0.3 is 5.73 Å². The molecule has 1 aromatic rings. The number of hydrogen-bond donors (Lipinski definition) is 1. The summed E-state index contributed by atoms with van der Waals surface area (Å²) in [7, 11) is -3.39. The fourth-order valence-electron chi connectivity index (χ4n) is 2.77. The maximum atomic E-state index is 12.8. The molecule has 0 saturated carbocycles. The molecule has 1 aromatic carbocycles. The van der Waals surface area contributed by atoms with Crippen LogP contribution in [0.5, 0.6) is 0 Å². The van der Waals surface area contributed by atoms with Gasteiger partial charge in [-0.2, -0.15) is 17.0 Å². The maximum absolute atomic E-state index is 12.8. The van der Waals surface area contributed by atoms with Crippen molar-refractivity contribution in [2.24, 2.45) is 5.92 Å². The molecule has 0 amide bonds. The lowest BCUT2D eigenvalue weighted by Crippen LogP contribution is -2.47. The topological polar surface area (TPSA) is 66.6 Å². The predicted octanol–water partition coefficient (Wildman–Crippen LogP) is 2.07. The number of nitrogens with two attached hydrogens (primary N) is 1. The van der Waals surface area contributed by atoms with Gasteiger partial charge >= 0.3 is 0 Å². The predicted molar refractivity (Wildman–Crippen MR) is 85.8 cm³/mol. The summed E-state index contributed by atoms with van der Waals surface area (Å²) in [6.07, 6.45) is 2.05. The van der Waals surface area contributed by atoms with Gasteiger partial charge in [-0.05, 0) is 36.5 Å². The molecule has 1 aliphatic heterocycles. The number of nitrogen functional groups attached to an aromatic ring is 1. The van der Waals surface area contributed by atoms with Crippen LogP contribution in [0.25, 0.3) is 0 Å². The highest BCUT2D eigenvalue weighted by atomic mass is 32.2. The van der Waals surface area contributed by atoms with Crippen LogP contribution in [0.1, 0.15) is 32.3 Å². The lowest BCUT2D eigenvalue weighted by atomic mass is 10.0. The third-order valence-corrected chi connectivity index (χ3v) is 5.96. The molecule has 1 aliphatic rings. The third kappa shape index (κ3) is 3.96. The van der Waals surface area contributed by atoms with Gasteiger partial charge in [0.25, 0.3) is 10.2 Å². The van der Waals surface area contributed by atoms with E-state index in [4.69, 9.17) is 5.73 Å². The van der Waals surface area contributed by atoms with Crippen LogP contribution in [-0.4, -0.2) is 36.7 Å². The molecule has 1 atom stereocenters. The molecule has 118 valence electrons. The molecule has 1 fully saturated rings. The Kier molecular flexibility index (Phi) is 5.24. The largest absolute Gasteiger partial charge is 0.399 e. The fraction of sp³-hybridized carbons (Fsp3) is 0.600. The van der Waals surface area contributed by atoms with Crippen molar-refractivity contribution >= 4 is 15.9 Å². The van der Waals surface area contributed by atoms with Gasteiger partial charge in [-0.25, -0.2) is 0 Å². The van der Waals surface area contributed by atoms with Crippen molar-refractivity contribution in [3.8, 4) is 0 Å². The minimum Gasteiger partial charge on any atom is -0.399 e. The molecule has 0 aromatic heterocycles. The second kappa shape index (κ2) is 6.77. The number of benzene rings is 1. The van der Waals surface area contributed by atoms with E-state index in [1.54, 1.807) is 10.4 Å². The first-order valence-corrected chi connectivity index (χ1v) is 8.92. The first-order valence-electron chi connectivity index (χ1n) is 7.53. The Morgan fingerprint density at radius 3 is 2.81 bits per heavy atom. The first-order chi connectivity index (χ1) is 9.93. The minimum absolute atomic E-state index is 0.370. The SMILES string of the molecule is CCN(Cc1cccc(N)c1)S(=O)(=O)N1CCCC(C)C1. The zero-order valence-electron chi connectivity index (χ0n) is 12.8. The van der Waals surface area contributed by atoms with Gasteiger partial charge in [0.2, 0.25) is 0 Å². The van der Waals surface area contributed by atoms with Crippen LogP contribution >= 0.6 is 0 Å². The molecule has 2 N–H and O–H groups in total. The lowest BCUT2D eigenvalue weighted by Gasteiger charge is -2.34. The van der Waals surface area contributed by atoms with E-state index < -0.39 is 10.2 Å². The van der Waals surface area contributed by atoms with Crippen LogP contribution in [0, 0.1) is 5.92 Å². The second-order valence-electron chi connectivity index (χ2n) is 5.78. The minimum atomic E-state index is -3.39. The first kappa shape index (κ1) is 16.3. The van der Waals surface area contributed by atoms with Crippen LogP contribution in [0.3, 0.4) is 0 Å². The summed E-state index contributed by atoms with van der Waals surface area (Å²) in [4.78, 5) is 0. The van der Waals surface area contributed by atoms with E-state index in [9.17, 15) is 8.42 Å². The molecular formula is C15H25N3O2S. The van der Waals surface area contributed by atoms with Gasteiger partial charge in [0.05, 0.1) is 0 Å². The molecule has 0 radical (unpaired) electrons. The summed E-state index contributed by atoms with van der Waals surface area (Å²) < 4.78 is 28.7. The Labute approximate surface area is 127 Å². The lowest BCUT2D eigenvalue weighted by molar-refractivity contribution is 0.257. The quantitative estimate of drug-likeness (QED) is 0.847. The van der Waals surface area contributed by atoms with Crippen molar-refractivity contribution in [1.29, 1.82) is 0 Å². The smallest absolute Gasteiger partial charge is 0.282 e. The Bertz CT molecular complexity index is 574. The number of hydrogen-bond acceptors (Lipinski definition) is 3. The van der Waals surface area contributed by atoms with Gasteiger partial charge in [-0.3, -0.25) is 0 Å². The van der Waals surface area contributed by atoms with Crippen molar-refractivity contribution in [3.05, 3.63) is 29.8 Å². The van der Waals surface area contributed by atoms with Crippen LogP contribution < -0.4 is 5.73 Å². The van der Waals surface area contributed by atoms with Gasteiger partial charge in [0, 0.05) is 31.9 Å².